The third-order valence-corrected chi connectivity index (χ3v) is 7.00. The molecular formula is C19H18N2O. The molecule has 0 amide bonds. The number of para-hydroxylation sites is 1. The van der Waals surface area contributed by atoms with Crippen molar-refractivity contribution in [3.63, 3.8) is 0 Å². The maximum atomic E-state index is 6.23. The summed E-state index contributed by atoms with van der Waals surface area (Å²) in [6, 6.07) is 9.02. The van der Waals surface area contributed by atoms with Crippen LogP contribution in [-0.2, 0) is 10.2 Å². The van der Waals surface area contributed by atoms with E-state index in [0.29, 0.717) is 17.9 Å². The van der Waals surface area contributed by atoms with Gasteiger partial charge < -0.3 is 4.74 Å². The van der Waals surface area contributed by atoms with Gasteiger partial charge in [0.25, 0.3) is 0 Å². The van der Waals surface area contributed by atoms with Crippen molar-refractivity contribution in [3.05, 3.63) is 42.5 Å². The van der Waals surface area contributed by atoms with Crippen molar-refractivity contribution in [2.45, 2.75) is 30.4 Å². The molecule has 1 aromatic rings. The van der Waals surface area contributed by atoms with E-state index in [-0.39, 0.29) is 16.9 Å². The molecule has 2 aliphatic carbocycles. The molecule has 110 valence electrons. The first-order valence-electron chi connectivity index (χ1n) is 8.28. The zero-order chi connectivity index (χ0) is 14.5. The Labute approximate surface area is 129 Å². The Morgan fingerprint density at radius 1 is 1.32 bits per heavy atom. The number of nitrogens with zero attached hydrogens (tertiary/aromatic N) is 2. The minimum atomic E-state index is -0.0713. The van der Waals surface area contributed by atoms with Crippen LogP contribution in [0.5, 0.6) is 0 Å². The molecule has 2 saturated carbocycles. The van der Waals surface area contributed by atoms with Crippen molar-refractivity contribution in [3.8, 4) is 0 Å². The second kappa shape index (κ2) is 3.43. The number of allylic oxidation sites excluding steroid dienone is 1. The number of benzene rings is 1. The Morgan fingerprint density at radius 2 is 2.23 bits per heavy atom. The molecule has 6 unspecified atom stereocenters. The molecule has 3 nitrogen and oxygen atoms in total. The van der Waals surface area contributed by atoms with Crippen molar-refractivity contribution >= 4 is 17.6 Å². The van der Waals surface area contributed by atoms with Gasteiger partial charge in [-0.15, -0.1) is 6.58 Å². The van der Waals surface area contributed by atoms with E-state index in [1.54, 1.807) is 0 Å². The van der Waals surface area contributed by atoms with E-state index >= 15 is 0 Å². The monoisotopic (exact) mass is 290 g/mol. The SMILES string of the molecule is C=CC12C=NC3CC14C(=Nc1ccccc14)C1CC2C3CO1. The van der Waals surface area contributed by atoms with Gasteiger partial charge in [-0.05, 0) is 30.4 Å². The van der Waals surface area contributed by atoms with Gasteiger partial charge in [0.1, 0.15) is 0 Å². The highest BCUT2D eigenvalue weighted by Crippen LogP contribution is 2.69. The second-order valence-corrected chi connectivity index (χ2v) is 7.43. The molecule has 1 spiro atoms. The third-order valence-electron chi connectivity index (χ3n) is 7.00. The van der Waals surface area contributed by atoms with Crippen LogP contribution in [0.15, 0.2) is 46.9 Å². The molecule has 0 N–H and O–H groups in total. The van der Waals surface area contributed by atoms with E-state index in [9.17, 15) is 0 Å². The van der Waals surface area contributed by atoms with E-state index in [1.807, 2.05) is 0 Å². The van der Waals surface area contributed by atoms with E-state index in [4.69, 9.17) is 14.7 Å². The van der Waals surface area contributed by atoms with Gasteiger partial charge in [-0.25, -0.2) is 0 Å². The zero-order valence-electron chi connectivity index (χ0n) is 12.4. The summed E-state index contributed by atoms with van der Waals surface area (Å²) in [5.41, 5.74) is 3.63. The van der Waals surface area contributed by atoms with E-state index < -0.39 is 0 Å². The molecule has 1 aromatic carbocycles. The van der Waals surface area contributed by atoms with E-state index in [2.05, 4.69) is 43.1 Å². The van der Waals surface area contributed by atoms with E-state index in [0.717, 1.165) is 25.1 Å². The van der Waals surface area contributed by atoms with Crippen molar-refractivity contribution in [1.29, 1.82) is 0 Å². The number of aliphatic imine (C=N–C) groups is 2. The molecule has 4 heterocycles. The van der Waals surface area contributed by atoms with Gasteiger partial charge in [-0.3, -0.25) is 9.98 Å². The summed E-state index contributed by atoms with van der Waals surface area (Å²) in [5, 5.41) is 0. The summed E-state index contributed by atoms with van der Waals surface area (Å²) in [5.74, 6) is 1.16. The van der Waals surface area contributed by atoms with Crippen LogP contribution < -0.4 is 0 Å². The summed E-state index contributed by atoms with van der Waals surface area (Å²) in [4.78, 5) is 9.95. The molecule has 1 saturated heterocycles. The third kappa shape index (κ3) is 0.960. The van der Waals surface area contributed by atoms with Crippen molar-refractivity contribution < 1.29 is 4.74 Å². The van der Waals surface area contributed by atoms with Crippen LogP contribution in [0.4, 0.5) is 5.69 Å². The minimum Gasteiger partial charge on any atom is -0.372 e. The molecule has 0 radical (unpaired) electrons. The van der Waals surface area contributed by atoms with Gasteiger partial charge in [0, 0.05) is 17.5 Å². The minimum absolute atomic E-state index is 0.0533. The molecule has 4 aliphatic heterocycles. The largest absolute Gasteiger partial charge is 0.372 e. The van der Waals surface area contributed by atoms with E-state index in [1.165, 1.54) is 11.3 Å². The van der Waals surface area contributed by atoms with Crippen LogP contribution in [0.3, 0.4) is 0 Å². The van der Waals surface area contributed by atoms with Gasteiger partial charge in [-0.1, -0.05) is 24.3 Å². The van der Waals surface area contributed by atoms with Crippen molar-refractivity contribution in [1.82, 2.24) is 0 Å². The Hall–Kier alpha value is -1.74. The Kier molecular flexibility index (Phi) is 1.84. The van der Waals surface area contributed by atoms with Gasteiger partial charge >= 0.3 is 0 Å². The average Bonchev–Trinajstić information content (AvgIpc) is 2.90. The highest BCUT2D eigenvalue weighted by molar-refractivity contribution is 6.10. The zero-order valence-corrected chi connectivity index (χ0v) is 12.4. The predicted molar refractivity (Wildman–Crippen MR) is 86.1 cm³/mol. The van der Waals surface area contributed by atoms with Crippen molar-refractivity contribution in [2.24, 2.45) is 27.2 Å². The van der Waals surface area contributed by atoms with Gasteiger partial charge in [0.15, 0.2) is 0 Å². The van der Waals surface area contributed by atoms with Crippen LogP contribution >= 0.6 is 0 Å². The molecule has 6 aliphatic rings. The Morgan fingerprint density at radius 3 is 3.14 bits per heavy atom. The maximum absolute atomic E-state index is 6.23. The second-order valence-electron chi connectivity index (χ2n) is 7.43. The Bertz CT molecular complexity index is 781. The lowest BCUT2D eigenvalue weighted by Gasteiger charge is -2.67. The standard InChI is InChI=1S/C19H18N2O/c1-2-18-10-20-15-8-19(18)12-5-3-4-6-14(12)21-17(19)16-7-13(18)11(15)9-22-16/h2-6,10-11,13,15-16H,1,7-9H2. The molecule has 7 rings (SSSR count). The highest BCUT2D eigenvalue weighted by Gasteiger charge is 2.72. The molecule has 3 heteroatoms. The van der Waals surface area contributed by atoms with Crippen LogP contribution in [0.1, 0.15) is 18.4 Å². The summed E-state index contributed by atoms with van der Waals surface area (Å²) >= 11 is 0. The summed E-state index contributed by atoms with van der Waals surface area (Å²) in [6.07, 6.45) is 6.76. The first-order valence-corrected chi connectivity index (χ1v) is 8.28. The topological polar surface area (TPSA) is 34.0 Å². The van der Waals surface area contributed by atoms with Gasteiger partial charge in [0.05, 0.1) is 35.6 Å². The fourth-order valence-electron chi connectivity index (χ4n) is 6.17. The Balaban J connectivity index is 1.75. The van der Waals surface area contributed by atoms with Gasteiger partial charge in [0.2, 0.25) is 0 Å². The molecule has 3 fully saturated rings. The maximum Gasteiger partial charge on any atom is 0.0969 e. The summed E-state index contributed by atoms with van der Waals surface area (Å²) in [7, 11) is 0. The normalized spacial score (nSPS) is 48.8. The molecule has 5 bridgehead atoms. The van der Waals surface area contributed by atoms with Gasteiger partial charge in [-0.2, -0.15) is 0 Å². The lowest BCUT2D eigenvalue weighted by atomic mass is 9.39. The number of rotatable bonds is 1. The fourth-order valence-corrected chi connectivity index (χ4v) is 6.17. The first kappa shape index (κ1) is 11.8. The lowest BCUT2D eigenvalue weighted by molar-refractivity contribution is -0.106. The number of ether oxygens (including phenoxy) is 1. The molecular weight excluding hydrogens is 272 g/mol. The smallest absolute Gasteiger partial charge is 0.0969 e. The number of hydrogen-bond acceptors (Lipinski definition) is 3. The first-order chi connectivity index (χ1) is 10.8. The summed E-state index contributed by atoms with van der Waals surface area (Å²) < 4.78 is 6.23. The summed E-state index contributed by atoms with van der Waals surface area (Å²) in [6.45, 7) is 5.09. The highest BCUT2D eigenvalue weighted by atomic mass is 16.5. The quantitative estimate of drug-likeness (QED) is 0.732. The fraction of sp³-hybridized carbons (Fsp3) is 0.474. The lowest BCUT2D eigenvalue weighted by Crippen LogP contribution is -2.73. The molecule has 22 heavy (non-hydrogen) atoms. The van der Waals surface area contributed by atoms with Crippen LogP contribution in [0.25, 0.3) is 0 Å². The predicted octanol–water partition coefficient (Wildman–Crippen LogP) is 3.07. The number of fused-ring (bicyclic) bond motifs is 3. The van der Waals surface area contributed by atoms with Crippen molar-refractivity contribution in [2.75, 3.05) is 6.61 Å². The van der Waals surface area contributed by atoms with Crippen LogP contribution in [0.2, 0.25) is 0 Å². The van der Waals surface area contributed by atoms with Crippen LogP contribution in [0, 0.1) is 17.3 Å². The molecule has 0 aromatic heterocycles. The average molecular weight is 290 g/mol. The number of hydrogen-bond donors (Lipinski definition) is 0. The molecule has 6 atom stereocenters. The van der Waals surface area contributed by atoms with Crippen LogP contribution in [-0.4, -0.2) is 30.7 Å².